The van der Waals surface area contributed by atoms with Gasteiger partial charge in [0.05, 0.1) is 4.90 Å². The summed E-state index contributed by atoms with van der Waals surface area (Å²) in [6.07, 6.45) is 3.12. The summed E-state index contributed by atoms with van der Waals surface area (Å²) in [5, 5.41) is 5.70. The minimum Gasteiger partial charge on any atom is -0.334 e. The Morgan fingerprint density at radius 1 is 0.912 bits per heavy atom. The van der Waals surface area contributed by atoms with E-state index in [1.165, 1.54) is 18.4 Å². The predicted octanol–water partition coefficient (Wildman–Crippen LogP) is 5.06. The van der Waals surface area contributed by atoms with E-state index in [-0.39, 0.29) is 23.3 Å². The van der Waals surface area contributed by atoms with Gasteiger partial charge in [0.15, 0.2) is 9.84 Å². The lowest BCUT2D eigenvalue weighted by Gasteiger charge is -2.10. The van der Waals surface area contributed by atoms with Crippen molar-refractivity contribution in [2.75, 3.05) is 12.8 Å². The van der Waals surface area contributed by atoms with Crippen molar-refractivity contribution in [1.29, 1.82) is 0 Å². The number of urea groups is 1. The van der Waals surface area contributed by atoms with Crippen LogP contribution in [0.4, 0.5) is 9.18 Å². The highest BCUT2D eigenvalue weighted by molar-refractivity contribution is 7.90. The van der Waals surface area contributed by atoms with Gasteiger partial charge >= 0.3 is 6.03 Å². The molecule has 2 N–H and O–H groups in total. The molecule has 0 saturated carbocycles. The second-order valence-electron chi connectivity index (χ2n) is 8.21. The van der Waals surface area contributed by atoms with E-state index in [0.29, 0.717) is 6.54 Å². The molecule has 0 bridgehead atoms. The zero-order chi connectivity index (χ0) is 24.3. The molecule has 3 aromatic rings. The molecule has 174 valence electrons. The summed E-state index contributed by atoms with van der Waals surface area (Å²) >= 11 is 0. The quantitative estimate of drug-likeness (QED) is 0.522. The summed E-state index contributed by atoms with van der Waals surface area (Å²) in [5.74, 6) is -0.351. The van der Waals surface area contributed by atoms with E-state index in [1.807, 2.05) is 43.3 Å². The number of sulfone groups is 1. The first kappa shape index (κ1) is 23.4. The smallest absolute Gasteiger partial charge is 0.315 e. The van der Waals surface area contributed by atoms with Gasteiger partial charge in [-0.1, -0.05) is 48.5 Å². The molecular formula is C27H25FN2O3S. The number of rotatable bonds is 6. The van der Waals surface area contributed by atoms with Gasteiger partial charge in [-0.15, -0.1) is 0 Å². The maximum Gasteiger partial charge on any atom is 0.315 e. The fraction of sp³-hybridized carbons (Fsp3) is 0.148. The SMILES string of the molecule is CC1=C(CNC(=O)NCc2ccccc2)c2cc(F)ccc2/C1=C/c1ccc(S(C)(=O)=O)cc1. The largest absolute Gasteiger partial charge is 0.334 e. The molecule has 7 heteroatoms. The molecule has 34 heavy (non-hydrogen) atoms. The molecule has 0 radical (unpaired) electrons. The third-order valence-electron chi connectivity index (χ3n) is 5.79. The molecule has 0 saturated heterocycles. The number of carbonyl (C=O) groups excluding carboxylic acids is 1. The normalized spacial score (nSPS) is 14.3. The third-order valence-corrected chi connectivity index (χ3v) is 6.92. The number of benzene rings is 3. The van der Waals surface area contributed by atoms with Gasteiger partial charge in [0.2, 0.25) is 0 Å². The monoisotopic (exact) mass is 476 g/mol. The van der Waals surface area contributed by atoms with E-state index >= 15 is 0 Å². The summed E-state index contributed by atoms with van der Waals surface area (Å²) < 4.78 is 37.6. The standard InChI is InChI=1S/C27H25FN2O3S/c1-18-24(14-19-8-11-22(12-9-19)34(2,32)33)23-13-10-21(28)15-25(23)26(18)17-30-27(31)29-16-20-6-4-3-5-7-20/h3-15H,16-17H2,1-2H3,(H2,29,30,31)/b24-14+. The number of hydrogen-bond donors (Lipinski definition) is 2. The maximum absolute atomic E-state index is 14.1. The van der Waals surface area contributed by atoms with Crippen LogP contribution in [0.3, 0.4) is 0 Å². The van der Waals surface area contributed by atoms with Gasteiger partial charge in [-0.3, -0.25) is 0 Å². The summed E-state index contributed by atoms with van der Waals surface area (Å²) in [5.41, 5.74) is 6.09. The van der Waals surface area contributed by atoms with Crippen molar-refractivity contribution in [3.63, 3.8) is 0 Å². The Labute approximate surface area is 198 Å². The van der Waals surface area contributed by atoms with Crippen molar-refractivity contribution >= 4 is 33.1 Å². The van der Waals surface area contributed by atoms with E-state index in [4.69, 9.17) is 0 Å². The summed E-state index contributed by atoms with van der Waals surface area (Å²) in [6, 6.07) is 20.5. The number of halogens is 1. The zero-order valence-corrected chi connectivity index (χ0v) is 19.7. The van der Waals surface area contributed by atoms with Gasteiger partial charge in [0, 0.05) is 19.3 Å². The highest BCUT2D eigenvalue weighted by Gasteiger charge is 2.24. The Hall–Kier alpha value is -3.71. The molecule has 0 fully saturated rings. The van der Waals surface area contributed by atoms with E-state index in [9.17, 15) is 17.6 Å². The lowest BCUT2D eigenvalue weighted by Crippen LogP contribution is -2.35. The molecule has 0 heterocycles. The Morgan fingerprint density at radius 2 is 1.59 bits per heavy atom. The predicted molar refractivity (Wildman–Crippen MR) is 133 cm³/mol. The number of hydrogen-bond acceptors (Lipinski definition) is 3. The summed E-state index contributed by atoms with van der Waals surface area (Å²) in [7, 11) is -3.28. The van der Waals surface area contributed by atoms with Gasteiger partial charge < -0.3 is 10.6 Å². The second-order valence-corrected chi connectivity index (χ2v) is 10.2. The molecule has 2 amide bonds. The molecule has 1 aliphatic carbocycles. The van der Waals surface area contributed by atoms with Gasteiger partial charge in [0.1, 0.15) is 5.82 Å². The Morgan fingerprint density at radius 3 is 2.26 bits per heavy atom. The summed E-state index contributed by atoms with van der Waals surface area (Å²) in [4.78, 5) is 12.6. The Balaban J connectivity index is 1.56. The number of allylic oxidation sites excluding steroid dienone is 2. The highest BCUT2D eigenvalue weighted by atomic mass is 32.2. The zero-order valence-electron chi connectivity index (χ0n) is 18.9. The molecule has 0 aromatic heterocycles. The molecule has 0 spiro atoms. The van der Waals surface area contributed by atoms with E-state index in [2.05, 4.69) is 10.6 Å². The van der Waals surface area contributed by atoms with E-state index in [1.54, 1.807) is 30.3 Å². The van der Waals surface area contributed by atoms with Crippen LogP contribution in [0, 0.1) is 5.82 Å². The first-order chi connectivity index (χ1) is 16.2. The van der Waals surface area contributed by atoms with Gasteiger partial charge in [-0.25, -0.2) is 17.6 Å². The molecule has 5 nitrogen and oxygen atoms in total. The molecule has 0 atom stereocenters. The minimum absolute atomic E-state index is 0.243. The van der Waals surface area contributed by atoms with Crippen molar-refractivity contribution in [3.05, 3.63) is 106 Å². The maximum atomic E-state index is 14.1. The minimum atomic E-state index is -3.28. The van der Waals surface area contributed by atoms with Crippen LogP contribution in [0.5, 0.6) is 0 Å². The van der Waals surface area contributed by atoms with Crippen molar-refractivity contribution in [3.8, 4) is 0 Å². The van der Waals surface area contributed by atoms with E-state index in [0.717, 1.165) is 39.0 Å². The van der Waals surface area contributed by atoms with Crippen LogP contribution in [0.15, 0.2) is 83.3 Å². The molecule has 4 rings (SSSR count). The Kier molecular flexibility index (Phi) is 6.65. The topological polar surface area (TPSA) is 75.3 Å². The van der Waals surface area contributed by atoms with Crippen molar-refractivity contribution < 1.29 is 17.6 Å². The van der Waals surface area contributed by atoms with E-state index < -0.39 is 9.84 Å². The van der Waals surface area contributed by atoms with Crippen molar-refractivity contribution in [2.24, 2.45) is 0 Å². The van der Waals surface area contributed by atoms with Crippen LogP contribution >= 0.6 is 0 Å². The average molecular weight is 477 g/mol. The molecule has 1 aliphatic rings. The first-order valence-corrected chi connectivity index (χ1v) is 12.7. The van der Waals surface area contributed by atoms with Crippen LogP contribution in [-0.2, 0) is 16.4 Å². The van der Waals surface area contributed by atoms with Gasteiger partial charge in [0.25, 0.3) is 0 Å². The number of amides is 2. The van der Waals surface area contributed by atoms with Crippen LogP contribution in [0.1, 0.15) is 29.2 Å². The number of carbonyl (C=O) groups is 1. The van der Waals surface area contributed by atoms with Crippen LogP contribution in [0.25, 0.3) is 17.2 Å². The molecule has 3 aromatic carbocycles. The molecule has 0 unspecified atom stereocenters. The lowest BCUT2D eigenvalue weighted by atomic mass is 10.0. The van der Waals surface area contributed by atoms with Crippen LogP contribution < -0.4 is 10.6 Å². The number of nitrogens with one attached hydrogen (secondary N) is 2. The molecule has 0 aliphatic heterocycles. The third kappa shape index (κ3) is 5.26. The lowest BCUT2D eigenvalue weighted by molar-refractivity contribution is 0.241. The first-order valence-electron chi connectivity index (χ1n) is 10.8. The summed E-state index contributed by atoms with van der Waals surface area (Å²) in [6.45, 7) is 2.59. The van der Waals surface area contributed by atoms with Crippen molar-refractivity contribution in [2.45, 2.75) is 18.4 Å². The van der Waals surface area contributed by atoms with Crippen molar-refractivity contribution in [1.82, 2.24) is 10.6 Å². The Bertz CT molecular complexity index is 1390. The second kappa shape index (κ2) is 9.65. The fourth-order valence-corrected chi connectivity index (χ4v) is 4.60. The molecular weight excluding hydrogens is 451 g/mol. The highest BCUT2D eigenvalue weighted by Crippen LogP contribution is 2.42. The van der Waals surface area contributed by atoms with Crippen LogP contribution in [-0.4, -0.2) is 27.2 Å². The fourth-order valence-electron chi connectivity index (χ4n) is 3.97. The van der Waals surface area contributed by atoms with Gasteiger partial charge in [-0.05, 0) is 76.2 Å². The van der Waals surface area contributed by atoms with Crippen LogP contribution in [0.2, 0.25) is 0 Å². The number of fused-ring (bicyclic) bond motifs is 1. The average Bonchev–Trinajstić information content (AvgIpc) is 3.06. The van der Waals surface area contributed by atoms with Gasteiger partial charge in [-0.2, -0.15) is 0 Å².